The Labute approximate surface area is 114 Å². The highest BCUT2D eigenvalue weighted by molar-refractivity contribution is 9.10. The molecule has 1 aliphatic rings. The van der Waals surface area contributed by atoms with E-state index in [2.05, 4.69) is 21.2 Å². The molecule has 2 rings (SSSR count). The van der Waals surface area contributed by atoms with E-state index in [-0.39, 0.29) is 5.56 Å². The second-order valence-electron chi connectivity index (χ2n) is 4.51. The predicted molar refractivity (Wildman–Crippen MR) is 73.2 cm³/mol. The minimum absolute atomic E-state index is 0.279. The molecule has 1 aromatic rings. The zero-order valence-electron chi connectivity index (χ0n) is 10.1. The van der Waals surface area contributed by atoms with Gasteiger partial charge in [0.05, 0.1) is 11.7 Å². The predicted octanol–water partition coefficient (Wildman–Crippen LogP) is 3.13. The van der Waals surface area contributed by atoms with Crippen molar-refractivity contribution in [3.05, 3.63) is 28.2 Å². The number of halogens is 1. The fourth-order valence-electron chi connectivity index (χ4n) is 2.30. The van der Waals surface area contributed by atoms with Crippen LogP contribution in [0.25, 0.3) is 0 Å². The highest BCUT2D eigenvalue weighted by Crippen LogP contribution is 2.27. The first-order valence-electron chi connectivity index (χ1n) is 5.92. The van der Waals surface area contributed by atoms with Gasteiger partial charge in [-0.25, -0.2) is 4.79 Å². The number of benzene rings is 1. The van der Waals surface area contributed by atoms with E-state index in [1.54, 1.807) is 19.2 Å². The maximum absolute atomic E-state index is 10.9. The summed E-state index contributed by atoms with van der Waals surface area (Å²) in [5.74, 6) is -0.922. The Morgan fingerprint density at radius 2 is 2.28 bits per heavy atom. The smallest absolute Gasteiger partial charge is 0.336 e. The number of anilines is 1. The van der Waals surface area contributed by atoms with E-state index in [4.69, 9.17) is 9.84 Å². The standard InChI is InChI=1S/C13H16BrNO3/c1-18-10-4-2-8(6-10)15-9-3-5-11(13(16)17)12(14)7-9/h3,5,7-8,10,15H,2,4,6H2,1H3,(H,16,17). The van der Waals surface area contributed by atoms with Gasteiger partial charge in [-0.1, -0.05) is 0 Å². The van der Waals surface area contributed by atoms with Gasteiger partial charge in [-0.2, -0.15) is 0 Å². The maximum Gasteiger partial charge on any atom is 0.336 e. The van der Waals surface area contributed by atoms with Gasteiger partial charge in [-0.3, -0.25) is 0 Å². The zero-order valence-corrected chi connectivity index (χ0v) is 11.7. The van der Waals surface area contributed by atoms with Crippen LogP contribution in [0.1, 0.15) is 29.6 Å². The molecule has 18 heavy (non-hydrogen) atoms. The fraction of sp³-hybridized carbons (Fsp3) is 0.462. The third kappa shape index (κ3) is 3.03. The molecule has 98 valence electrons. The minimum atomic E-state index is -0.922. The van der Waals surface area contributed by atoms with Crippen LogP contribution in [0.2, 0.25) is 0 Å². The Balaban J connectivity index is 2.02. The van der Waals surface area contributed by atoms with Crippen molar-refractivity contribution in [2.24, 2.45) is 0 Å². The second kappa shape index (κ2) is 5.71. The molecule has 0 spiro atoms. The molecule has 0 aliphatic heterocycles. The number of carboxylic acids is 1. The number of ether oxygens (including phenoxy) is 1. The lowest BCUT2D eigenvalue weighted by molar-refractivity contribution is 0.0696. The van der Waals surface area contributed by atoms with Crippen LogP contribution in [0, 0.1) is 0 Å². The molecule has 1 fully saturated rings. The van der Waals surface area contributed by atoms with Crippen molar-refractivity contribution >= 4 is 27.6 Å². The van der Waals surface area contributed by atoms with Gasteiger partial charge in [0, 0.05) is 23.3 Å². The van der Waals surface area contributed by atoms with Crippen LogP contribution in [0.4, 0.5) is 5.69 Å². The largest absolute Gasteiger partial charge is 0.478 e. The molecule has 5 heteroatoms. The van der Waals surface area contributed by atoms with Crippen molar-refractivity contribution in [2.45, 2.75) is 31.4 Å². The van der Waals surface area contributed by atoms with Crippen LogP contribution < -0.4 is 5.32 Å². The molecule has 1 aliphatic carbocycles. The van der Waals surface area contributed by atoms with Gasteiger partial charge in [-0.15, -0.1) is 0 Å². The third-order valence-electron chi connectivity index (χ3n) is 3.29. The van der Waals surface area contributed by atoms with Gasteiger partial charge in [0.25, 0.3) is 0 Å². The molecule has 2 atom stereocenters. The number of rotatable bonds is 4. The monoisotopic (exact) mass is 313 g/mol. The van der Waals surface area contributed by atoms with Crippen LogP contribution in [-0.2, 0) is 4.74 Å². The summed E-state index contributed by atoms with van der Waals surface area (Å²) in [7, 11) is 1.74. The lowest BCUT2D eigenvalue weighted by Crippen LogP contribution is -2.17. The average Bonchev–Trinajstić information content (AvgIpc) is 2.76. The molecule has 0 amide bonds. The van der Waals surface area contributed by atoms with Crippen molar-refractivity contribution < 1.29 is 14.6 Å². The van der Waals surface area contributed by atoms with E-state index in [1.807, 2.05) is 6.07 Å². The summed E-state index contributed by atoms with van der Waals surface area (Å²) in [5.41, 5.74) is 1.22. The zero-order chi connectivity index (χ0) is 13.1. The van der Waals surface area contributed by atoms with E-state index in [0.29, 0.717) is 16.6 Å². The first-order chi connectivity index (χ1) is 8.60. The third-order valence-corrected chi connectivity index (χ3v) is 3.94. The van der Waals surface area contributed by atoms with Crippen LogP contribution in [0.5, 0.6) is 0 Å². The Bertz CT molecular complexity index is 450. The van der Waals surface area contributed by atoms with E-state index in [1.165, 1.54) is 0 Å². The SMILES string of the molecule is COC1CCC(Nc2ccc(C(=O)O)c(Br)c2)C1. The molecule has 2 N–H and O–H groups in total. The van der Waals surface area contributed by atoms with Gasteiger partial charge < -0.3 is 15.2 Å². The number of methoxy groups -OCH3 is 1. The number of aromatic carboxylic acids is 1. The lowest BCUT2D eigenvalue weighted by atomic mass is 10.2. The van der Waals surface area contributed by atoms with Gasteiger partial charge in [0.2, 0.25) is 0 Å². The molecule has 0 radical (unpaired) electrons. The summed E-state index contributed by atoms with van der Waals surface area (Å²) in [4.78, 5) is 10.9. The number of carbonyl (C=O) groups is 1. The van der Waals surface area contributed by atoms with Gasteiger partial charge in [0.1, 0.15) is 0 Å². The van der Waals surface area contributed by atoms with Gasteiger partial charge in [0.15, 0.2) is 0 Å². The summed E-state index contributed by atoms with van der Waals surface area (Å²) >= 11 is 3.28. The summed E-state index contributed by atoms with van der Waals surface area (Å²) in [6.07, 6.45) is 3.48. The van der Waals surface area contributed by atoms with Crippen molar-refractivity contribution in [1.82, 2.24) is 0 Å². The molecule has 1 saturated carbocycles. The molecule has 0 heterocycles. The van der Waals surface area contributed by atoms with Crippen LogP contribution >= 0.6 is 15.9 Å². The highest BCUT2D eigenvalue weighted by Gasteiger charge is 2.24. The molecule has 0 aromatic heterocycles. The van der Waals surface area contributed by atoms with Crippen molar-refractivity contribution in [3.63, 3.8) is 0 Å². The first kappa shape index (κ1) is 13.4. The number of nitrogens with one attached hydrogen (secondary N) is 1. The highest BCUT2D eigenvalue weighted by atomic mass is 79.9. The number of hydrogen-bond donors (Lipinski definition) is 2. The minimum Gasteiger partial charge on any atom is -0.478 e. The average molecular weight is 314 g/mol. The van der Waals surface area contributed by atoms with Crippen molar-refractivity contribution in [2.75, 3.05) is 12.4 Å². The molecule has 4 nitrogen and oxygen atoms in total. The molecule has 1 aromatic carbocycles. The van der Waals surface area contributed by atoms with Gasteiger partial charge in [-0.05, 0) is 53.4 Å². The first-order valence-corrected chi connectivity index (χ1v) is 6.71. The van der Waals surface area contributed by atoms with Crippen LogP contribution in [0.15, 0.2) is 22.7 Å². The summed E-state index contributed by atoms with van der Waals surface area (Å²) < 4.78 is 5.92. The number of hydrogen-bond acceptors (Lipinski definition) is 3. The second-order valence-corrected chi connectivity index (χ2v) is 5.37. The molecule has 2 unspecified atom stereocenters. The molecular formula is C13H16BrNO3. The van der Waals surface area contributed by atoms with E-state index < -0.39 is 5.97 Å². The van der Waals surface area contributed by atoms with E-state index in [0.717, 1.165) is 24.9 Å². The van der Waals surface area contributed by atoms with Crippen LogP contribution in [0.3, 0.4) is 0 Å². The Morgan fingerprint density at radius 3 is 2.83 bits per heavy atom. The van der Waals surface area contributed by atoms with E-state index in [9.17, 15) is 4.79 Å². The normalized spacial score (nSPS) is 23.0. The Morgan fingerprint density at radius 1 is 1.50 bits per heavy atom. The molecule has 0 saturated heterocycles. The lowest BCUT2D eigenvalue weighted by Gasteiger charge is -2.15. The summed E-state index contributed by atoms with van der Waals surface area (Å²) in [5, 5.41) is 12.3. The summed E-state index contributed by atoms with van der Waals surface area (Å²) in [6, 6.07) is 5.62. The maximum atomic E-state index is 10.9. The van der Waals surface area contributed by atoms with Crippen molar-refractivity contribution in [1.29, 1.82) is 0 Å². The van der Waals surface area contributed by atoms with E-state index >= 15 is 0 Å². The van der Waals surface area contributed by atoms with Gasteiger partial charge >= 0.3 is 5.97 Å². The molecule has 0 bridgehead atoms. The quantitative estimate of drug-likeness (QED) is 0.896. The fourth-order valence-corrected chi connectivity index (χ4v) is 2.85. The summed E-state index contributed by atoms with van der Waals surface area (Å²) in [6.45, 7) is 0. The topological polar surface area (TPSA) is 58.6 Å². The number of carboxylic acid groups (broad SMARTS) is 1. The van der Waals surface area contributed by atoms with Crippen LogP contribution in [-0.4, -0.2) is 30.3 Å². The molecular weight excluding hydrogens is 298 g/mol. The van der Waals surface area contributed by atoms with Crippen molar-refractivity contribution in [3.8, 4) is 0 Å². The Hall–Kier alpha value is -1.07. The Kier molecular flexibility index (Phi) is 4.24.